The van der Waals surface area contributed by atoms with Gasteiger partial charge in [0.15, 0.2) is 0 Å². The van der Waals surface area contributed by atoms with Crippen LogP contribution in [0.5, 0.6) is 0 Å². The van der Waals surface area contributed by atoms with Gasteiger partial charge < -0.3 is 19.2 Å². The third-order valence-electron chi connectivity index (χ3n) is 3.84. The van der Waals surface area contributed by atoms with E-state index in [9.17, 15) is 4.79 Å². The molecule has 1 rings (SSSR count). The predicted octanol–water partition coefficient (Wildman–Crippen LogP) is 2.56. The van der Waals surface area contributed by atoms with Crippen LogP contribution < -0.4 is 0 Å². The Labute approximate surface area is 130 Å². The SMILES string of the molecule is [3H]O[C@@H](CCB1OC(C)(C)C(C)(C)O1)CC(=O)OC(C)(C)C. The number of ether oxygens (including phenoxy) is 1. The predicted molar refractivity (Wildman–Crippen MR) is 82.0 cm³/mol. The maximum atomic E-state index is 11.8. The number of carbonyl (C=O) groups is 1. The highest BCUT2D eigenvalue weighted by Crippen LogP contribution is 2.38. The van der Waals surface area contributed by atoms with Crippen LogP contribution in [0.4, 0.5) is 0 Å². The van der Waals surface area contributed by atoms with Crippen LogP contribution >= 0.6 is 0 Å². The molecule has 0 unspecified atom stereocenters. The zero-order valence-corrected chi connectivity index (χ0v) is 14.3. The molecule has 0 saturated carbocycles. The van der Waals surface area contributed by atoms with E-state index in [1.165, 1.54) is 0 Å². The van der Waals surface area contributed by atoms with Crippen molar-refractivity contribution in [1.29, 1.82) is 1.43 Å². The number of hydrogen-bond donors (Lipinski definition) is 1. The summed E-state index contributed by atoms with van der Waals surface area (Å²) < 4.78 is 24.1. The van der Waals surface area contributed by atoms with Crippen LogP contribution in [0, 0.1) is 0 Å². The molecule has 0 aromatic rings. The van der Waals surface area contributed by atoms with E-state index in [2.05, 4.69) is 5.11 Å². The Balaban J connectivity index is 2.44. The summed E-state index contributed by atoms with van der Waals surface area (Å²) in [5.74, 6) is -0.362. The second-order valence-electron chi connectivity index (χ2n) is 7.68. The van der Waals surface area contributed by atoms with Crippen molar-refractivity contribution < 1.29 is 23.9 Å². The summed E-state index contributed by atoms with van der Waals surface area (Å²) in [6.07, 6.45) is 0.604. The van der Waals surface area contributed by atoms with Crippen LogP contribution in [0.1, 0.15) is 61.3 Å². The summed E-state index contributed by atoms with van der Waals surface area (Å²) >= 11 is 0. The van der Waals surface area contributed by atoms with Gasteiger partial charge in [0, 0.05) is 0 Å². The molecule has 0 aromatic heterocycles. The molecular weight excluding hydrogens is 271 g/mol. The van der Waals surface area contributed by atoms with Gasteiger partial charge in [0.25, 0.3) is 0 Å². The van der Waals surface area contributed by atoms with Crippen molar-refractivity contribution in [2.24, 2.45) is 0 Å². The van der Waals surface area contributed by atoms with Gasteiger partial charge in [-0.1, -0.05) is 0 Å². The minimum Gasteiger partial charge on any atom is -0.460 e. The fraction of sp³-hybridized carbons (Fsp3) is 0.933. The van der Waals surface area contributed by atoms with Crippen molar-refractivity contribution >= 4 is 13.1 Å². The number of aliphatic hydroxyl groups is 1. The quantitative estimate of drug-likeness (QED) is 0.603. The molecule has 0 amide bonds. The lowest BCUT2D eigenvalue weighted by molar-refractivity contribution is -0.157. The maximum Gasteiger partial charge on any atom is 0.457 e. The van der Waals surface area contributed by atoms with E-state index in [1.807, 2.05) is 48.5 Å². The molecule has 1 atom stereocenters. The molecule has 1 aliphatic rings. The number of hydrogen-bond acceptors (Lipinski definition) is 5. The summed E-state index contributed by atoms with van der Waals surface area (Å²) in [6.45, 7) is 13.4. The van der Waals surface area contributed by atoms with Gasteiger partial charge in [0.05, 0.1) is 23.7 Å². The van der Waals surface area contributed by atoms with Gasteiger partial charge in [-0.2, -0.15) is 0 Å². The lowest BCUT2D eigenvalue weighted by Gasteiger charge is -2.32. The minimum atomic E-state index is -0.532. The van der Waals surface area contributed by atoms with Crippen LogP contribution in [0.15, 0.2) is 0 Å². The van der Waals surface area contributed by atoms with Crippen molar-refractivity contribution in [3.8, 4) is 0 Å². The summed E-state index contributed by atoms with van der Waals surface area (Å²) in [7, 11) is -0.346. The molecule has 0 aliphatic carbocycles. The van der Waals surface area contributed by atoms with E-state index in [0.29, 0.717) is 12.7 Å². The number of aliphatic hydroxyl groups excluding tert-OH is 1. The highest BCUT2D eigenvalue weighted by molar-refractivity contribution is 6.45. The van der Waals surface area contributed by atoms with E-state index in [-0.39, 0.29) is 30.7 Å². The standard InChI is InChI=1S/C15H29BO5/c1-13(2,3)19-12(18)10-11(17)8-9-16-20-14(4,5)15(6,7)21-16/h11,17H,8-10H2,1-7H3/t11-/m0/s1/i17T. The summed E-state index contributed by atoms with van der Waals surface area (Å²) in [5, 5.41) is 4.64. The lowest BCUT2D eigenvalue weighted by Crippen LogP contribution is -2.41. The Kier molecular flexibility index (Phi) is 5.01. The Hall–Kier alpha value is -0.585. The second-order valence-corrected chi connectivity index (χ2v) is 7.68. The molecule has 0 aromatic carbocycles. The Morgan fingerprint density at radius 2 is 1.81 bits per heavy atom. The largest absolute Gasteiger partial charge is 0.460 e. The number of carbonyl (C=O) groups excluding carboxylic acids is 1. The molecule has 1 saturated heterocycles. The Morgan fingerprint density at radius 3 is 2.24 bits per heavy atom. The van der Waals surface area contributed by atoms with E-state index in [4.69, 9.17) is 15.5 Å². The van der Waals surface area contributed by atoms with Gasteiger partial charge >= 0.3 is 13.1 Å². The highest BCUT2D eigenvalue weighted by atomic mass is 16.7. The van der Waals surface area contributed by atoms with E-state index in [0.717, 1.165) is 0 Å². The molecule has 122 valence electrons. The molecule has 1 N–H and O–H groups in total. The second kappa shape index (κ2) is 6.27. The molecule has 0 bridgehead atoms. The van der Waals surface area contributed by atoms with E-state index >= 15 is 0 Å². The third kappa shape index (κ3) is 5.60. The van der Waals surface area contributed by atoms with Gasteiger partial charge in [0.1, 0.15) is 5.60 Å². The average Bonchev–Trinajstić information content (AvgIpc) is 2.50. The van der Waals surface area contributed by atoms with Crippen LogP contribution in [-0.2, 0) is 18.8 Å². The average molecular weight is 302 g/mol. The summed E-state index contributed by atoms with van der Waals surface area (Å²) in [6, 6.07) is 0. The molecule has 6 heteroatoms. The van der Waals surface area contributed by atoms with Crippen molar-refractivity contribution in [2.45, 2.75) is 90.5 Å². The van der Waals surface area contributed by atoms with Crippen molar-refractivity contribution in [3.05, 3.63) is 0 Å². The summed E-state index contributed by atoms with van der Waals surface area (Å²) in [5.41, 5.74) is -1.28. The van der Waals surface area contributed by atoms with E-state index in [1.54, 1.807) is 0 Å². The summed E-state index contributed by atoms with van der Waals surface area (Å²) in [4.78, 5) is 11.8. The van der Waals surface area contributed by atoms with Gasteiger partial charge in [-0.15, -0.1) is 0 Å². The zero-order valence-electron chi connectivity index (χ0n) is 15.3. The molecule has 1 heterocycles. The smallest absolute Gasteiger partial charge is 0.457 e. The first-order valence-corrected chi connectivity index (χ1v) is 7.56. The normalized spacial score (nSPS) is 22.8. The van der Waals surface area contributed by atoms with Gasteiger partial charge in [-0.25, -0.2) is 0 Å². The van der Waals surface area contributed by atoms with Gasteiger partial charge in [-0.05, 0) is 61.2 Å². The lowest BCUT2D eigenvalue weighted by atomic mass is 9.81. The highest BCUT2D eigenvalue weighted by Gasteiger charge is 2.50. The number of rotatable bonds is 6. The molecule has 0 spiro atoms. The molecule has 21 heavy (non-hydrogen) atoms. The van der Waals surface area contributed by atoms with Crippen LogP contribution in [0.3, 0.4) is 0 Å². The van der Waals surface area contributed by atoms with Crippen molar-refractivity contribution in [3.63, 3.8) is 0 Å². The third-order valence-corrected chi connectivity index (χ3v) is 3.84. The minimum absolute atomic E-state index is 0.0558. The first-order chi connectivity index (χ1) is 9.86. The maximum absolute atomic E-state index is 11.8. The molecule has 1 fully saturated rings. The topological polar surface area (TPSA) is 65.0 Å². The molecule has 5 nitrogen and oxygen atoms in total. The van der Waals surface area contributed by atoms with Gasteiger partial charge in [-0.3, -0.25) is 4.79 Å². The first-order valence-electron chi connectivity index (χ1n) is 7.96. The van der Waals surface area contributed by atoms with Crippen molar-refractivity contribution in [1.82, 2.24) is 0 Å². The van der Waals surface area contributed by atoms with E-state index < -0.39 is 11.7 Å². The Bertz CT molecular complexity index is 376. The van der Waals surface area contributed by atoms with Gasteiger partial charge in [0.2, 0.25) is 1.43 Å². The van der Waals surface area contributed by atoms with Crippen LogP contribution in [-0.4, -0.2) is 42.5 Å². The van der Waals surface area contributed by atoms with Crippen molar-refractivity contribution in [2.75, 3.05) is 0 Å². The Morgan fingerprint density at radius 1 is 1.29 bits per heavy atom. The first kappa shape index (κ1) is 16.8. The number of esters is 1. The molecule has 0 radical (unpaired) electrons. The molecular formula is C15H29BO5. The fourth-order valence-corrected chi connectivity index (χ4v) is 2.08. The fourth-order valence-electron chi connectivity index (χ4n) is 2.08. The monoisotopic (exact) mass is 302 g/mol. The molecule has 1 aliphatic heterocycles. The zero-order chi connectivity index (χ0) is 17.2. The van der Waals surface area contributed by atoms with Crippen LogP contribution in [0.25, 0.3) is 0 Å². The van der Waals surface area contributed by atoms with Crippen LogP contribution in [0.2, 0.25) is 6.32 Å².